The lowest BCUT2D eigenvalue weighted by Gasteiger charge is -2.13. The number of methoxy groups -OCH3 is 1. The number of benzene rings is 3. The first kappa shape index (κ1) is 19.7. The number of anilines is 1. The Hall–Kier alpha value is -4.20. The van der Waals surface area contributed by atoms with Crippen LogP contribution in [0.5, 0.6) is 23.0 Å². The van der Waals surface area contributed by atoms with Crippen LogP contribution in [0.4, 0.5) is 5.69 Å². The molecule has 0 aliphatic carbocycles. The Morgan fingerprint density at radius 3 is 2.69 bits per heavy atom. The maximum atomic E-state index is 12.9. The average molecular weight is 431 g/mol. The van der Waals surface area contributed by atoms with Crippen molar-refractivity contribution >= 4 is 22.6 Å². The number of hydrogen-bond donors (Lipinski definition) is 1. The van der Waals surface area contributed by atoms with Gasteiger partial charge in [0.1, 0.15) is 19.0 Å². The van der Waals surface area contributed by atoms with Gasteiger partial charge in [-0.15, -0.1) is 0 Å². The van der Waals surface area contributed by atoms with Gasteiger partial charge in [0.05, 0.1) is 18.1 Å². The molecule has 0 spiro atoms. The first-order valence-electron chi connectivity index (χ1n) is 10.1. The van der Waals surface area contributed by atoms with Crippen LogP contribution in [0.1, 0.15) is 5.82 Å². The van der Waals surface area contributed by atoms with Gasteiger partial charge in [0, 0.05) is 11.8 Å². The zero-order valence-corrected chi connectivity index (χ0v) is 17.4. The van der Waals surface area contributed by atoms with E-state index >= 15 is 0 Å². The van der Waals surface area contributed by atoms with Gasteiger partial charge in [-0.05, 0) is 36.4 Å². The lowest BCUT2D eigenvalue weighted by Crippen LogP contribution is -2.20. The topological polar surface area (TPSA) is 83.8 Å². The first-order chi connectivity index (χ1) is 15.7. The number of fused-ring (bicyclic) bond motifs is 2. The fourth-order valence-corrected chi connectivity index (χ4v) is 3.61. The van der Waals surface area contributed by atoms with Crippen LogP contribution < -0.4 is 24.3 Å². The summed E-state index contributed by atoms with van der Waals surface area (Å²) >= 11 is 0. The van der Waals surface area contributed by atoms with E-state index in [0.29, 0.717) is 34.5 Å². The summed E-state index contributed by atoms with van der Waals surface area (Å²) in [6, 6.07) is 20.4. The van der Waals surface area contributed by atoms with Crippen molar-refractivity contribution < 1.29 is 23.7 Å². The fourth-order valence-electron chi connectivity index (χ4n) is 3.61. The summed E-state index contributed by atoms with van der Waals surface area (Å²) in [5.41, 5.74) is 2.28. The molecule has 162 valence electrons. The maximum Gasteiger partial charge on any atom is 0.244 e. The minimum Gasteiger partial charge on any atom is -0.493 e. The maximum absolute atomic E-state index is 12.9. The molecule has 0 saturated carbocycles. The van der Waals surface area contributed by atoms with Gasteiger partial charge in [-0.2, -0.15) is 0 Å². The normalized spacial score (nSPS) is 12.0. The van der Waals surface area contributed by atoms with Crippen molar-refractivity contribution in [2.75, 3.05) is 19.2 Å². The molecule has 8 heteroatoms. The van der Waals surface area contributed by atoms with E-state index in [1.807, 2.05) is 53.1 Å². The second kappa shape index (κ2) is 8.50. The number of ether oxygens (including phenoxy) is 4. The standard InChI is InChI=1S/C24H21N3O5/c1-29-19-8-4-5-9-20(19)30-14-23-26-17-6-2-3-7-18(17)27(23)13-24(28)25-16-10-11-21-22(12-16)32-15-31-21/h2-12H,13-15H2,1H3,(H,25,28). The molecule has 3 aromatic carbocycles. The second-order valence-corrected chi connectivity index (χ2v) is 7.16. The molecule has 8 nitrogen and oxygen atoms in total. The molecule has 1 N–H and O–H groups in total. The van der Waals surface area contributed by atoms with Gasteiger partial charge in [-0.3, -0.25) is 4.79 Å². The molecule has 1 amide bonds. The van der Waals surface area contributed by atoms with Gasteiger partial charge < -0.3 is 28.8 Å². The van der Waals surface area contributed by atoms with E-state index < -0.39 is 0 Å². The summed E-state index contributed by atoms with van der Waals surface area (Å²) < 4.78 is 23.9. The number of carbonyl (C=O) groups excluding carboxylic acids is 1. The Bertz CT molecular complexity index is 1280. The van der Waals surface area contributed by atoms with Crippen molar-refractivity contribution in [1.29, 1.82) is 0 Å². The number of para-hydroxylation sites is 4. The summed E-state index contributed by atoms with van der Waals surface area (Å²) in [5.74, 6) is 2.97. The zero-order valence-electron chi connectivity index (χ0n) is 17.4. The van der Waals surface area contributed by atoms with E-state index in [-0.39, 0.29) is 25.9 Å². The Morgan fingerprint density at radius 1 is 1.03 bits per heavy atom. The van der Waals surface area contributed by atoms with E-state index in [1.165, 1.54) is 0 Å². The van der Waals surface area contributed by atoms with Crippen molar-refractivity contribution in [2.24, 2.45) is 0 Å². The van der Waals surface area contributed by atoms with Crippen LogP contribution in [-0.4, -0.2) is 29.4 Å². The Balaban J connectivity index is 1.37. The molecule has 0 unspecified atom stereocenters. The molecule has 5 rings (SSSR count). The van der Waals surface area contributed by atoms with Crippen LogP contribution in [0.2, 0.25) is 0 Å². The Labute approximate surface area is 184 Å². The van der Waals surface area contributed by atoms with Gasteiger partial charge in [-0.25, -0.2) is 4.98 Å². The molecule has 0 fully saturated rings. The van der Waals surface area contributed by atoms with Crippen LogP contribution in [0, 0.1) is 0 Å². The highest BCUT2D eigenvalue weighted by Gasteiger charge is 2.17. The molecule has 0 bridgehead atoms. The largest absolute Gasteiger partial charge is 0.493 e. The van der Waals surface area contributed by atoms with Crippen molar-refractivity contribution in [3.8, 4) is 23.0 Å². The highest BCUT2D eigenvalue weighted by molar-refractivity contribution is 5.92. The monoisotopic (exact) mass is 431 g/mol. The molecule has 1 aliphatic rings. The average Bonchev–Trinajstić information content (AvgIpc) is 3.42. The Morgan fingerprint density at radius 2 is 1.81 bits per heavy atom. The highest BCUT2D eigenvalue weighted by atomic mass is 16.7. The van der Waals surface area contributed by atoms with E-state index in [9.17, 15) is 4.79 Å². The molecule has 4 aromatic rings. The number of aromatic nitrogens is 2. The number of rotatable bonds is 7. The highest BCUT2D eigenvalue weighted by Crippen LogP contribution is 2.34. The van der Waals surface area contributed by atoms with E-state index in [0.717, 1.165) is 11.0 Å². The minimum atomic E-state index is -0.189. The molecule has 1 aliphatic heterocycles. The van der Waals surface area contributed by atoms with Gasteiger partial charge in [0.15, 0.2) is 23.0 Å². The number of nitrogens with one attached hydrogen (secondary N) is 1. The zero-order chi connectivity index (χ0) is 21.9. The SMILES string of the molecule is COc1ccccc1OCc1nc2ccccc2n1CC(=O)Nc1ccc2c(c1)OCO2. The molecule has 1 aromatic heterocycles. The van der Waals surface area contributed by atoms with E-state index in [2.05, 4.69) is 10.3 Å². The lowest BCUT2D eigenvalue weighted by molar-refractivity contribution is -0.116. The number of hydrogen-bond acceptors (Lipinski definition) is 6. The summed E-state index contributed by atoms with van der Waals surface area (Å²) in [7, 11) is 1.60. The number of amides is 1. The van der Waals surface area contributed by atoms with E-state index in [4.69, 9.17) is 18.9 Å². The smallest absolute Gasteiger partial charge is 0.244 e. The van der Waals surface area contributed by atoms with Gasteiger partial charge in [-0.1, -0.05) is 24.3 Å². The predicted octanol–water partition coefficient (Wildman–Crippen LogP) is 3.99. The van der Waals surface area contributed by atoms with Crippen molar-refractivity contribution in [2.45, 2.75) is 13.2 Å². The summed E-state index contributed by atoms with van der Waals surface area (Å²) in [6.07, 6.45) is 0. The molecule has 0 atom stereocenters. The van der Waals surface area contributed by atoms with Gasteiger partial charge >= 0.3 is 0 Å². The van der Waals surface area contributed by atoms with E-state index in [1.54, 1.807) is 25.3 Å². The molecular formula is C24H21N3O5. The first-order valence-corrected chi connectivity index (χ1v) is 10.1. The molecule has 2 heterocycles. The molecular weight excluding hydrogens is 410 g/mol. The number of carbonyl (C=O) groups is 1. The number of nitrogens with zero attached hydrogens (tertiary/aromatic N) is 2. The van der Waals surface area contributed by atoms with Gasteiger partial charge in [0.25, 0.3) is 0 Å². The van der Waals surface area contributed by atoms with Crippen molar-refractivity contribution in [1.82, 2.24) is 9.55 Å². The molecule has 0 radical (unpaired) electrons. The van der Waals surface area contributed by atoms with Crippen LogP contribution in [0.3, 0.4) is 0 Å². The third-order valence-electron chi connectivity index (χ3n) is 5.12. The summed E-state index contributed by atoms with van der Waals surface area (Å²) in [5, 5.41) is 2.91. The Kier molecular flexibility index (Phi) is 5.25. The van der Waals surface area contributed by atoms with Gasteiger partial charge in [0.2, 0.25) is 12.7 Å². The fraction of sp³-hybridized carbons (Fsp3) is 0.167. The predicted molar refractivity (Wildman–Crippen MR) is 118 cm³/mol. The van der Waals surface area contributed by atoms with Crippen molar-refractivity contribution in [3.63, 3.8) is 0 Å². The lowest BCUT2D eigenvalue weighted by atomic mass is 10.2. The number of imidazole rings is 1. The quantitative estimate of drug-likeness (QED) is 0.476. The second-order valence-electron chi connectivity index (χ2n) is 7.16. The summed E-state index contributed by atoms with van der Waals surface area (Å²) in [4.78, 5) is 17.5. The van der Waals surface area contributed by atoms with Crippen LogP contribution in [0.15, 0.2) is 66.7 Å². The molecule has 32 heavy (non-hydrogen) atoms. The minimum absolute atomic E-state index is 0.0829. The van der Waals surface area contributed by atoms with Crippen LogP contribution in [0.25, 0.3) is 11.0 Å². The third kappa shape index (κ3) is 3.90. The van der Waals surface area contributed by atoms with Crippen molar-refractivity contribution in [3.05, 3.63) is 72.6 Å². The summed E-state index contributed by atoms with van der Waals surface area (Å²) in [6.45, 7) is 0.454. The van der Waals surface area contributed by atoms with Crippen LogP contribution >= 0.6 is 0 Å². The molecule has 0 saturated heterocycles. The van der Waals surface area contributed by atoms with Crippen LogP contribution in [-0.2, 0) is 17.9 Å². The third-order valence-corrected chi connectivity index (χ3v) is 5.12.